The summed E-state index contributed by atoms with van der Waals surface area (Å²) in [6.45, 7) is 2.69. The van der Waals surface area contributed by atoms with E-state index in [2.05, 4.69) is 20.8 Å². The predicted octanol–water partition coefficient (Wildman–Crippen LogP) is -0.150. The summed E-state index contributed by atoms with van der Waals surface area (Å²) in [5.74, 6) is -1.43. The first kappa shape index (κ1) is 18.5. The fourth-order valence-corrected chi connectivity index (χ4v) is 5.34. The fraction of sp³-hybridized carbons (Fsp3) is 0.357. The molecule has 0 saturated carbocycles. The van der Waals surface area contributed by atoms with Crippen molar-refractivity contribution in [1.29, 1.82) is 0 Å². The van der Waals surface area contributed by atoms with Crippen molar-refractivity contribution < 1.29 is 22.7 Å². The molecule has 2 aromatic heterocycles. The third-order valence-corrected chi connectivity index (χ3v) is 7.13. The highest BCUT2D eigenvalue weighted by atomic mass is 32.2. The number of hydrogen-bond donors (Lipinski definition) is 4. The molecule has 5 N–H and O–H groups in total. The van der Waals surface area contributed by atoms with Crippen LogP contribution in [-0.4, -0.2) is 55.6 Å². The summed E-state index contributed by atoms with van der Waals surface area (Å²) in [4.78, 5) is 23.9. The van der Waals surface area contributed by atoms with Gasteiger partial charge in [-0.3, -0.25) is 14.7 Å². The van der Waals surface area contributed by atoms with Gasteiger partial charge in [-0.05, 0) is 19.1 Å². The number of nitrogens with zero attached hydrogens (tertiary/aromatic N) is 1. The zero-order chi connectivity index (χ0) is 18.9. The molecule has 0 bridgehead atoms. The van der Waals surface area contributed by atoms with Gasteiger partial charge in [0.15, 0.2) is 11.1 Å². The molecule has 2 aromatic rings. The van der Waals surface area contributed by atoms with Crippen LogP contribution >= 0.6 is 11.3 Å². The maximum atomic E-state index is 12.7. The Morgan fingerprint density at radius 1 is 1.42 bits per heavy atom. The van der Waals surface area contributed by atoms with Crippen molar-refractivity contribution in [2.45, 2.75) is 16.6 Å². The molecule has 2 amide bonds. The second kappa shape index (κ2) is 7.15. The first-order chi connectivity index (χ1) is 12.3. The number of carbonyl (C=O) groups excluding carboxylic acids is 2. The van der Waals surface area contributed by atoms with E-state index in [9.17, 15) is 18.0 Å². The highest BCUT2D eigenvalue weighted by molar-refractivity contribution is 7.94. The molecule has 1 aliphatic rings. The van der Waals surface area contributed by atoms with Crippen molar-refractivity contribution in [2.24, 2.45) is 5.73 Å². The maximum Gasteiger partial charge on any atom is 0.276 e. The molecule has 0 radical (unpaired) electrons. The first-order valence-corrected chi connectivity index (χ1v) is 9.98. The van der Waals surface area contributed by atoms with Gasteiger partial charge in [-0.1, -0.05) is 0 Å². The Hall–Kier alpha value is -2.28. The largest absolute Gasteiger partial charge is 0.366 e. The van der Waals surface area contributed by atoms with E-state index >= 15 is 0 Å². The number of sulfone groups is 1. The minimum Gasteiger partial charge on any atom is -0.366 e. The van der Waals surface area contributed by atoms with Crippen molar-refractivity contribution in [3.63, 3.8) is 0 Å². The standard InChI is InChI=1S/C14H17N5O5S2/c1-7-4-9(19-18-7)13(21)17-14-8(12(15)20)5-11(25-14)26(22,23)10-6-16-2-3-24-10/h4-5,10,16H,2-3,6H2,1H3,(H2,15,20)(H,17,21)(H,18,19). The van der Waals surface area contributed by atoms with Crippen LogP contribution in [0.4, 0.5) is 5.00 Å². The number of carbonyl (C=O) groups is 2. The Morgan fingerprint density at radius 2 is 2.19 bits per heavy atom. The van der Waals surface area contributed by atoms with Crippen LogP contribution in [0.2, 0.25) is 0 Å². The Balaban J connectivity index is 1.91. The van der Waals surface area contributed by atoms with Gasteiger partial charge in [0.1, 0.15) is 9.21 Å². The average molecular weight is 399 g/mol. The van der Waals surface area contributed by atoms with E-state index in [0.29, 0.717) is 12.2 Å². The number of aromatic nitrogens is 2. The minimum absolute atomic E-state index is 0.0468. The number of H-pyrrole nitrogens is 1. The summed E-state index contributed by atoms with van der Waals surface area (Å²) < 4.78 is 30.6. The van der Waals surface area contributed by atoms with Crippen molar-refractivity contribution in [3.8, 4) is 0 Å². The molecule has 0 spiro atoms. The minimum atomic E-state index is -3.84. The number of nitrogens with one attached hydrogen (secondary N) is 3. The van der Waals surface area contributed by atoms with Gasteiger partial charge >= 0.3 is 0 Å². The molecule has 0 aliphatic carbocycles. The number of morpholine rings is 1. The fourth-order valence-electron chi connectivity index (χ4n) is 2.36. The summed E-state index contributed by atoms with van der Waals surface area (Å²) in [6, 6.07) is 2.68. The lowest BCUT2D eigenvalue weighted by atomic mass is 10.3. The van der Waals surface area contributed by atoms with Crippen LogP contribution in [0.1, 0.15) is 26.5 Å². The second-order valence-electron chi connectivity index (χ2n) is 5.61. The predicted molar refractivity (Wildman–Crippen MR) is 93.9 cm³/mol. The SMILES string of the molecule is Cc1cc(C(=O)Nc2sc(S(=O)(=O)C3CNCCO3)cc2C(N)=O)n[nH]1. The van der Waals surface area contributed by atoms with Crippen LogP contribution in [0.15, 0.2) is 16.3 Å². The number of primary amides is 1. The van der Waals surface area contributed by atoms with E-state index in [-0.39, 0.29) is 33.6 Å². The zero-order valence-corrected chi connectivity index (χ0v) is 15.4. The van der Waals surface area contributed by atoms with Gasteiger partial charge in [-0.25, -0.2) is 8.42 Å². The average Bonchev–Trinajstić information content (AvgIpc) is 3.22. The van der Waals surface area contributed by atoms with Crippen LogP contribution in [0.3, 0.4) is 0 Å². The van der Waals surface area contributed by atoms with Gasteiger partial charge in [-0.15, -0.1) is 11.3 Å². The number of nitrogens with two attached hydrogens (primary N) is 1. The molecule has 10 nitrogen and oxygen atoms in total. The highest BCUT2D eigenvalue weighted by Gasteiger charge is 2.33. The van der Waals surface area contributed by atoms with Crippen LogP contribution < -0.4 is 16.4 Å². The molecule has 1 atom stereocenters. The van der Waals surface area contributed by atoms with E-state index < -0.39 is 27.1 Å². The molecule has 1 aliphatic heterocycles. The molecule has 26 heavy (non-hydrogen) atoms. The van der Waals surface area contributed by atoms with Gasteiger partial charge in [0.25, 0.3) is 11.8 Å². The Kier molecular flexibility index (Phi) is 5.09. The summed E-state index contributed by atoms with van der Waals surface area (Å²) >= 11 is 0.752. The Morgan fingerprint density at radius 3 is 2.77 bits per heavy atom. The smallest absolute Gasteiger partial charge is 0.276 e. The van der Waals surface area contributed by atoms with E-state index in [1.165, 1.54) is 6.07 Å². The Labute approximate surface area is 153 Å². The maximum absolute atomic E-state index is 12.7. The summed E-state index contributed by atoms with van der Waals surface area (Å²) in [7, 11) is -3.84. The number of ether oxygens (including phenoxy) is 1. The molecule has 1 fully saturated rings. The number of amides is 2. The molecule has 0 aromatic carbocycles. The molecule has 12 heteroatoms. The lowest BCUT2D eigenvalue weighted by molar-refractivity contribution is 0.0786. The van der Waals surface area contributed by atoms with Gasteiger partial charge in [0, 0.05) is 18.8 Å². The molecular formula is C14H17N5O5S2. The van der Waals surface area contributed by atoms with Gasteiger partial charge < -0.3 is 21.1 Å². The first-order valence-electron chi connectivity index (χ1n) is 7.62. The van der Waals surface area contributed by atoms with Crippen molar-refractivity contribution >= 4 is 38.0 Å². The number of aromatic amines is 1. The highest BCUT2D eigenvalue weighted by Crippen LogP contribution is 2.34. The van der Waals surface area contributed by atoms with Gasteiger partial charge in [-0.2, -0.15) is 5.10 Å². The van der Waals surface area contributed by atoms with Gasteiger partial charge in [0.2, 0.25) is 9.84 Å². The van der Waals surface area contributed by atoms with E-state index in [1.54, 1.807) is 6.92 Å². The number of thiophene rings is 1. The monoisotopic (exact) mass is 399 g/mol. The number of hydrogen-bond acceptors (Lipinski definition) is 8. The van der Waals surface area contributed by atoms with Crippen LogP contribution in [-0.2, 0) is 14.6 Å². The molecular weight excluding hydrogens is 382 g/mol. The number of aryl methyl sites for hydroxylation is 1. The van der Waals surface area contributed by atoms with E-state index in [4.69, 9.17) is 10.5 Å². The quantitative estimate of drug-likeness (QED) is 0.544. The molecule has 3 rings (SSSR count). The van der Waals surface area contributed by atoms with Crippen molar-refractivity contribution in [2.75, 3.05) is 25.0 Å². The molecule has 1 unspecified atom stereocenters. The third-order valence-electron chi connectivity index (χ3n) is 3.66. The Bertz CT molecular complexity index is 943. The van der Waals surface area contributed by atoms with Gasteiger partial charge in [0.05, 0.1) is 12.2 Å². The second-order valence-corrected chi connectivity index (χ2v) is 8.98. The van der Waals surface area contributed by atoms with Crippen molar-refractivity contribution in [1.82, 2.24) is 15.5 Å². The molecule has 3 heterocycles. The van der Waals surface area contributed by atoms with Crippen LogP contribution in [0.25, 0.3) is 0 Å². The normalized spacial score (nSPS) is 17.8. The topological polar surface area (TPSA) is 156 Å². The lowest BCUT2D eigenvalue weighted by Gasteiger charge is -2.22. The summed E-state index contributed by atoms with van der Waals surface area (Å²) in [5, 5.41) is 11.9. The third kappa shape index (κ3) is 3.62. The summed E-state index contributed by atoms with van der Waals surface area (Å²) in [5.41, 5.74) is 4.97. The van der Waals surface area contributed by atoms with Crippen LogP contribution in [0, 0.1) is 6.92 Å². The summed E-state index contributed by atoms with van der Waals surface area (Å²) in [6.07, 6.45) is 0. The van der Waals surface area contributed by atoms with Crippen molar-refractivity contribution in [3.05, 3.63) is 29.1 Å². The van der Waals surface area contributed by atoms with E-state index in [1.807, 2.05) is 0 Å². The number of anilines is 1. The molecule has 140 valence electrons. The zero-order valence-electron chi connectivity index (χ0n) is 13.7. The van der Waals surface area contributed by atoms with Crippen LogP contribution in [0.5, 0.6) is 0 Å². The number of rotatable bonds is 5. The van der Waals surface area contributed by atoms with E-state index in [0.717, 1.165) is 17.4 Å². The lowest BCUT2D eigenvalue weighted by Crippen LogP contribution is -2.42. The molecule has 1 saturated heterocycles.